The second kappa shape index (κ2) is 2.96. The first-order valence-corrected chi connectivity index (χ1v) is 4.17. The Morgan fingerprint density at radius 1 is 0.818 bits per heavy atom. The van der Waals surface area contributed by atoms with Gasteiger partial charge in [-0.15, -0.1) is 0 Å². The van der Waals surface area contributed by atoms with Crippen molar-refractivity contribution in [2.45, 2.75) is 41.5 Å². The van der Waals surface area contributed by atoms with Crippen LogP contribution in [0.15, 0.2) is 4.99 Å². The van der Waals surface area contributed by atoms with Crippen molar-refractivity contribution in [3.8, 4) is 0 Å². The summed E-state index contributed by atoms with van der Waals surface area (Å²) in [7, 11) is 1.88. The van der Waals surface area contributed by atoms with E-state index in [9.17, 15) is 0 Å². The molecule has 66 valence electrons. The lowest BCUT2D eigenvalue weighted by molar-refractivity contribution is 0.478. The zero-order valence-electron chi connectivity index (χ0n) is 8.95. The molecule has 1 heteroatoms. The Morgan fingerprint density at radius 3 is 1.09 bits per heavy atom. The summed E-state index contributed by atoms with van der Waals surface area (Å²) < 4.78 is 0. The van der Waals surface area contributed by atoms with Crippen molar-refractivity contribution >= 4 is 5.71 Å². The Labute approximate surface area is 70.9 Å². The van der Waals surface area contributed by atoms with Gasteiger partial charge in [-0.2, -0.15) is 0 Å². The van der Waals surface area contributed by atoms with Crippen molar-refractivity contribution in [3.63, 3.8) is 0 Å². The van der Waals surface area contributed by atoms with E-state index < -0.39 is 0 Å². The van der Waals surface area contributed by atoms with E-state index in [0.717, 1.165) is 0 Å². The molecule has 0 amide bonds. The second-order valence-corrected chi connectivity index (χ2v) is 5.07. The highest BCUT2D eigenvalue weighted by Gasteiger charge is 2.28. The molecule has 0 bridgehead atoms. The van der Waals surface area contributed by atoms with Gasteiger partial charge in [0.15, 0.2) is 0 Å². The van der Waals surface area contributed by atoms with Crippen LogP contribution in [0.4, 0.5) is 0 Å². The van der Waals surface area contributed by atoms with Crippen LogP contribution in [-0.2, 0) is 0 Å². The molecule has 0 saturated carbocycles. The molecule has 0 rings (SSSR count). The van der Waals surface area contributed by atoms with E-state index in [2.05, 4.69) is 46.5 Å². The van der Waals surface area contributed by atoms with E-state index in [1.54, 1.807) is 0 Å². The molecule has 0 aromatic rings. The predicted octanol–water partition coefficient (Wildman–Crippen LogP) is 3.15. The molecule has 0 unspecified atom stereocenters. The molecule has 0 aliphatic heterocycles. The summed E-state index contributed by atoms with van der Waals surface area (Å²) in [5.41, 5.74) is 1.69. The molecule has 0 fully saturated rings. The van der Waals surface area contributed by atoms with E-state index in [-0.39, 0.29) is 10.8 Å². The second-order valence-electron chi connectivity index (χ2n) is 5.07. The van der Waals surface area contributed by atoms with Crippen molar-refractivity contribution in [1.82, 2.24) is 0 Å². The van der Waals surface area contributed by atoms with E-state index in [1.807, 2.05) is 7.05 Å². The molecule has 0 aromatic heterocycles. The highest BCUT2D eigenvalue weighted by Crippen LogP contribution is 2.29. The molecule has 0 spiro atoms. The highest BCUT2D eigenvalue weighted by atomic mass is 14.7. The van der Waals surface area contributed by atoms with Crippen LogP contribution in [0.3, 0.4) is 0 Å². The lowest BCUT2D eigenvalue weighted by atomic mass is 9.75. The minimum Gasteiger partial charge on any atom is -0.296 e. The molecule has 0 radical (unpaired) electrons. The van der Waals surface area contributed by atoms with Gasteiger partial charge in [0.25, 0.3) is 0 Å². The smallest absolute Gasteiger partial charge is 0.0276 e. The van der Waals surface area contributed by atoms with Gasteiger partial charge in [0.1, 0.15) is 0 Å². The summed E-state index contributed by atoms with van der Waals surface area (Å²) in [6.45, 7) is 13.3. The van der Waals surface area contributed by atoms with E-state index >= 15 is 0 Å². The van der Waals surface area contributed by atoms with Crippen LogP contribution in [0, 0.1) is 10.8 Å². The maximum absolute atomic E-state index is 4.35. The molecular weight excluding hydrogens is 134 g/mol. The first kappa shape index (κ1) is 10.7. The standard InChI is InChI=1S/C10H21N/c1-9(2,3)8(11-7)10(4,5)6/h1-7H3. The van der Waals surface area contributed by atoms with E-state index in [4.69, 9.17) is 0 Å². The Hall–Kier alpha value is -0.330. The van der Waals surface area contributed by atoms with Gasteiger partial charge >= 0.3 is 0 Å². The molecule has 0 saturated heterocycles. The summed E-state index contributed by atoms with van der Waals surface area (Å²) in [5.74, 6) is 0. The van der Waals surface area contributed by atoms with Crippen LogP contribution >= 0.6 is 0 Å². The molecule has 0 aliphatic carbocycles. The number of nitrogens with zero attached hydrogens (tertiary/aromatic N) is 1. The third kappa shape index (κ3) is 3.04. The Bertz CT molecular complexity index is 137. The van der Waals surface area contributed by atoms with Crippen LogP contribution < -0.4 is 0 Å². The number of rotatable bonds is 0. The predicted molar refractivity (Wildman–Crippen MR) is 52.3 cm³/mol. The summed E-state index contributed by atoms with van der Waals surface area (Å²) >= 11 is 0. The van der Waals surface area contributed by atoms with E-state index in [1.165, 1.54) is 5.71 Å². The van der Waals surface area contributed by atoms with Crippen molar-refractivity contribution in [2.24, 2.45) is 15.8 Å². The Morgan fingerprint density at radius 2 is 1.09 bits per heavy atom. The lowest BCUT2D eigenvalue weighted by Gasteiger charge is -2.31. The van der Waals surface area contributed by atoms with Gasteiger partial charge in [-0.05, 0) is 0 Å². The molecule has 0 atom stereocenters. The molecule has 1 nitrogen and oxygen atoms in total. The SMILES string of the molecule is CN=C(C(C)(C)C)C(C)(C)C. The zero-order valence-corrected chi connectivity index (χ0v) is 8.95. The topological polar surface area (TPSA) is 12.4 Å². The molecule has 0 heterocycles. The first-order valence-electron chi connectivity index (χ1n) is 4.17. The third-order valence-electron chi connectivity index (χ3n) is 1.64. The molecule has 0 aromatic carbocycles. The maximum Gasteiger partial charge on any atom is 0.0276 e. The fraction of sp³-hybridized carbons (Fsp3) is 0.900. The Kier molecular flexibility index (Phi) is 2.87. The van der Waals surface area contributed by atoms with Crippen molar-refractivity contribution in [2.75, 3.05) is 7.05 Å². The van der Waals surface area contributed by atoms with Crippen molar-refractivity contribution in [3.05, 3.63) is 0 Å². The monoisotopic (exact) mass is 155 g/mol. The highest BCUT2D eigenvalue weighted by molar-refractivity contribution is 5.93. The number of hydrogen-bond acceptors (Lipinski definition) is 1. The minimum absolute atomic E-state index is 0.201. The summed E-state index contributed by atoms with van der Waals surface area (Å²) in [4.78, 5) is 4.35. The molecule has 0 N–H and O–H groups in total. The third-order valence-corrected chi connectivity index (χ3v) is 1.64. The minimum atomic E-state index is 0.201. The van der Waals surface area contributed by atoms with Gasteiger partial charge < -0.3 is 0 Å². The summed E-state index contributed by atoms with van der Waals surface area (Å²) in [5, 5.41) is 0. The fourth-order valence-corrected chi connectivity index (χ4v) is 1.80. The van der Waals surface area contributed by atoms with Crippen LogP contribution in [0.25, 0.3) is 0 Å². The Balaban J connectivity index is 4.74. The van der Waals surface area contributed by atoms with Crippen molar-refractivity contribution in [1.29, 1.82) is 0 Å². The quantitative estimate of drug-likeness (QED) is 0.476. The number of aliphatic imine (C=N–C) groups is 1. The van der Waals surface area contributed by atoms with Gasteiger partial charge in [-0.1, -0.05) is 41.5 Å². The molecule has 0 aliphatic rings. The van der Waals surface area contributed by atoms with Gasteiger partial charge in [0, 0.05) is 23.6 Å². The average Bonchev–Trinajstić information content (AvgIpc) is 1.56. The van der Waals surface area contributed by atoms with E-state index in [0.29, 0.717) is 0 Å². The van der Waals surface area contributed by atoms with Crippen LogP contribution in [0.1, 0.15) is 41.5 Å². The number of hydrogen-bond donors (Lipinski definition) is 0. The largest absolute Gasteiger partial charge is 0.296 e. The average molecular weight is 155 g/mol. The van der Waals surface area contributed by atoms with Crippen LogP contribution in [-0.4, -0.2) is 12.8 Å². The lowest BCUT2D eigenvalue weighted by Crippen LogP contribution is -2.32. The maximum atomic E-state index is 4.35. The van der Waals surface area contributed by atoms with Crippen molar-refractivity contribution < 1.29 is 0 Å². The van der Waals surface area contributed by atoms with Crippen LogP contribution in [0.5, 0.6) is 0 Å². The molecular formula is C10H21N. The van der Waals surface area contributed by atoms with Crippen LogP contribution in [0.2, 0.25) is 0 Å². The van der Waals surface area contributed by atoms with Gasteiger partial charge in [0.2, 0.25) is 0 Å². The van der Waals surface area contributed by atoms with Gasteiger partial charge in [0.05, 0.1) is 0 Å². The fourth-order valence-electron chi connectivity index (χ4n) is 1.80. The van der Waals surface area contributed by atoms with Gasteiger partial charge in [-0.3, -0.25) is 4.99 Å². The molecule has 11 heavy (non-hydrogen) atoms. The first-order chi connectivity index (χ1) is 4.69. The summed E-state index contributed by atoms with van der Waals surface area (Å²) in [6.07, 6.45) is 0. The zero-order chi connectivity index (χ0) is 9.28. The summed E-state index contributed by atoms with van der Waals surface area (Å²) in [6, 6.07) is 0. The normalized spacial score (nSPS) is 13.0. The van der Waals surface area contributed by atoms with Gasteiger partial charge in [-0.25, -0.2) is 0 Å².